The predicted octanol–water partition coefficient (Wildman–Crippen LogP) is 22.8. The highest BCUT2D eigenvalue weighted by Gasteiger charge is 2.28. The Kier molecular flexibility index (Phi) is 63.0. The van der Waals surface area contributed by atoms with E-state index in [9.17, 15) is 19.4 Å². The minimum atomic E-state index is -4.37. The number of hydrogen-bond donors (Lipinski definition) is 3. The Labute approximate surface area is 526 Å². The molecule has 0 fully saturated rings. The third-order valence-electron chi connectivity index (χ3n) is 15.4. The van der Waals surface area contributed by atoms with E-state index in [-0.39, 0.29) is 19.1 Å². The van der Waals surface area contributed by atoms with Gasteiger partial charge in [-0.1, -0.05) is 328 Å². The average molecular weight is 1200 g/mol. The Bertz CT molecular complexity index is 1800. The summed E-state index contributed by atoms with van der Waals surface area (Å²) in [5.74, 6) is -0.190. The molecule has 0 bridgehead atoms. The zero-order valence-corrected chi connectivity index (χ0v) is 57.0. The van der Waals surface area contributed by atoms with E-state index in [1.807, 2.05) is 27.2 Å². The zero-order valence-electron chi connectivity index (χ0n) is 56.1. The van der Waals surface area contributed by atoms with E-state index in [1.54, 1.807) is 6.08 Å². The van der Waals surface area contributed by atoms with Crippen LogP contribution in [0.25, 0.3) is 0 Å². The van der Waals surface area contributed by atoms with Gasteiger partial charge in [0.15, 0.2) is 0 Å². The molecular weight excluding hydrogens is 1070 g/mol. The first-order valence-electron chi connectivity index (χ1n) is 35.4. The number of unbranched alkanes of at least 4 members (excludes halogenated alkanes) is 33. The van der Waals surface area contributed by atoms with Crippen LogP contribution in [0.3, 0.4) is 0 Å². The first-order valence-corrected chi connectivity index (χ1v) is 36.9. The standard InChI is InChI=1S/C76H135N2O6P/c1-6-8-10-12-14-16-18-20-22-24-26-28-30-32-34-36-37-38-39-40-41-42-44-46-48-50-52-54-56-58-60-62-64-66-68-70-76(80)77-74(73-84-85(81,82)83-72-71-78(3,4)5)75(79)69-67-65-63-61-59-57-55-53-51-49-47-45-43-35-33-31-29-27-25-23-21-19-17-15-13-11-9-7-2/h8,10,14,16,20,22,26,28,32,34,37-38,40-41,44,46,50,52,67,69,74-75,79H,6-7,9,11-13,15,17-19,21,23-25,27,29-31,33,35-36,39,42-43,45,47-49,51,53-66,68,70-73H2,1-5H3,(H-,77,80,81,82)/p+1/b10-8-,16-14-,22-20-,28-26-,34-32-,38-37-,41-40-,46-44-,52-50-,69-67+. The van der Waals surface area contributed by atoms with Crippen LogP contribution in [0.2, 0.25) is 0 Å². The zero-order chi connectivity index (χ0) is 61.9. The molecule has 0 saturated heterocycles. The normalized spacial score (nSPS) is 14.4. The highest BCUT2D eigenvalue weighted by molar-refractivity contribution is 7.47. The number of hydrogen-bond acceptors (Lipinski definition) is 5. The summed E-state index contributed by atoms with van der Waals surface area (Å²) in [6.45, 7) is 4.71. The lowest BCUT2D eigenvalue weighted by Crippen LogP contribution is -2.45. The molecule has 0 aliphatic heterocycles. The number of carbonyl (C=O) groups is 1. The summed E-state index contributed by atoms with van der Waals surface area (Å²) in [7, 11) is 1.56. The Hall–Kier alpha value is -3.10. The highest BCUT2D eigenvalue weighted by Crippen LogP contribution is 2.43. The van der Waals surface area contributed by atoms with Crippen LogP contribution < -0.4 is 5.32 Å². The Morgan fingerprint density at radius 1 is 0.412 bits per heavy atom. The molecule has 1 amide bonds. The molecule has 3 N–H and O–H groups in total. The summed E-state index contributed by atoms with van der Waals surface area (Å²) in [5.41, 5.74) is 0. The molecule has 0 aliphatic carbocycles. The maximum Gasteiger partial charge on any atom is 0.472 e. The van der Waals surface area contributed by atoms with E-state index in [2.05, 4.69) is 129 Å². The number of aliphatic hydroxyl groups is 1. The fourth-order valence-corrected chi connectivity index (χ4v) is 10.7. The number of likely N-dealkylation sites (N-methyl/N-ethyl adjacent to an activating group) is 1. The van der Waals surface area contributed by atoms with Crippen LogP contribution in [0.15, 0.2) is 122 Å². The number of phosphoric acid groups is 1. The SMILES string of the molecule is CC/C=C\C/C=C\C/C=C\C/C=C\C/C=C\C/C=C\C/C=C\C/C=C\C/C=C\CCCCCCCCCC(=O)NC(COP(=O)(O)OCC[N+](C)(C)C)C(O)/C=C/CCCCCCCCCCCCCCCCCCCCCCCCCCCC. The van der Waals surface area contributed by atoms with Gasteiger partial charge in [-0.05, 0) is 89.9 Å². The van der Waals surface area contributed by atoms with Crippen molar-refractivity contribution in [3.63, 3.8) is 0 Å². The fourth-order valence-electron chi connectivity index (χ4n) is 9.98. The van der Waals surface area contributed by atoms with Crippen LogP contribution in [0, 0.1) is 0 Å². The summed E-state index contributed by atoms with van der Waals surface area (Å²) in [4.78, 5) is 23.4. The molecule has 0 saturated carbocycles. The third-order valence-corrected chi connectivity index (χ3v) is 16.4. The number of carbonyl (C=O) groups excluding carboxylic acids is 1. The second kappa shape index (κ2) is 65.3. The van der Waals surface area contributed by atoms with Crippen LogP contribution in [0.5, 0.6) is 0 Å². The van der Waals surface area contributed by atoms with Gasteiger partial charge in [0.25, 0.3) is 0 Å². The maximum atomic E-state index is 13.1. The molecule has 0 aromatic rings. The molecule has 3 atom stereocenters. The molecule has 0 aromatic heterocycles. The van der Waals surface area contributed by atoms with E-state index in [4.69, 9.17) is 9.05 Å². The smallest absolute Gasteiger partial charge is 0.387 e. The minimum absolute atomic E-state index is 0.0536. The lowest BCUT2D eigenvalue weighted by molar-refractivity contribution is -0.870. The van der Waals surface area contributed by atoms with Crippen molar-refractivity contribution < 1.29 is 32.9 Å². The van der Waals surface area contributed by atoms with Crippen LogP contribution >= 0.6 is 7.82 Å². The quantitative estimate of drug-likeness (QED) is 0.0243. The summed E-state index contributed by atoms with van der Waals surface area (Å²) in [6, 6.07) is -0.863. The molecule has 0 radical (unpaired) electrons. The first-order chi connectivity index (χ1) is 41.5. The number of amides is 1. The molecule has 85 heavy (non-hydrogen) atoms. The molecule has 0 aromatic carbocycles. The molecule has 0 aliphatic rings. The van der Waals surface area contributed by atoms with E-state index < -0.39 is 20.0 Å². The van der Waals surface area contributed by atoms with Crippen LogP contribution in [0.1, 0.15) is 303 Å². The number of aliphatic hydroxyl groups excluding tert-OH is 1. The lowest BCUT2D eigenvalue weighted by Gasteiger charge is -2.25. The molecule has 3 unspecified atom stereocenters. The summed E-state index contributed by atoms with van der Waals surface area (Å²) >= 11 is 0. The van der Waals surface area contributed by atoms with Crippen molar-refractivity contribution in [3.8, 4) is 0 Å². The Morgan fingerprint density at radius 2 is 0.706 bits per heavy atom. The molecule has 0 heterocycles. The number of rotatable bonds is 64. The monoisotopic (exact) mass is 1200 g/mol. The third kappa shape index (κ3) is 68.3. The number of nitrogens with one attached hydrogen (secondary N) is 1. The van der Waals surface area contributed by atoms with E-state index in [0.29, 0.717) is 17.4 Å². The second-order valence-electron chi connectivity index (χ2n) is 24.9. The molecule has 0 spiro atoms. The van der Waals surface area contributed by atoms with Gasteiger partial charge in [0.05, 0.1) is 39.9 Å². The van der Waals surface area contributed by atoms with Crippen molar-refractivity contribution in [1.29, 1.82) is 0 Å². The van der Waals surface area contributed by atoms with Crippen LogP contribution in [-0.2, 0) is 18.4 Å². The van der Waals surface area contributed by atoms with Crippen molar-refractivity contribution in [2.24, 2.45) is 0 Å². The molecule has 9 heteroatoms. The van der Waals surface area contributed by atoms with Gasteiger partial charge in [-0.2, -0.15) is 0 Å². The molecule has 0 rings (SSSR count). The topological polar surface area (TPSA) is 105 Å². The van der Waals surface area contributed by atoms with E-state index in [1.165, 1.54) is 173 Å². The maximum absolute atomic E-state index is 13.1. The van der Waals surface area contributed by atoms with E-state index in [0.717, 1.165) is 109 Å². The van der Waals surface area contributed by atoms with Gasteiger partial charge in [-0.25, -0.2) is 4.57 Å². The number of phosphoric ester groups is 1. The summed E-state index contributed by atoms with van der Waals surface area (Å²) < 4.78 is 23.8. The van der Waals surface area contributed by atoms with Gasteiger partial charge >= 0.3 is 7.82 Å². The van der Waals surface area contributed by atoms with Crippen molar-refractivity contribution in [2.45, 2.75) is 315 Å². The first kappa shape index (κ1) is 81.9. The average Bonchev–Trinajstić information content (AvgIpc) is 3.48. The van der Waals surface area contributed by atoms with Crippen molar-refractivity contribution in [1.82, 2.24) is 5.32 Å². The van der Waals surface area contributed by atoms with Gasteiger partial charge in [0.1, 0.15) is 13.2 Å². The largest absolute Gasteiger partial charge is 0.472 e. The number of allylic oxidation sites excluding steroid dienone is 19. The van der Waals surface area contributed by atoms with Crippen molar-refractivity contribution >= 4 is 13.7 Å². The van der Waals surface area contributed by atoms with Crippen molar-refractivity contribution in [2.75, 3.05) is 40.9 Å². The Balaban J connectivity index is 4.16. The fraction of sp³-hybridized carbons (Fsp3) is 0.724. The second-order valence-corrected chi connectivity index (χ2v) is 26.3. The van der Waals surface area contributed by atoms with Gasteiger partial charge in [-0.15, -0.1) is 0 Å². The Morgan fingerprint density at radius 3 is 1.04 bits per heavy atom. The summed E-state index contributed by atoms with van der Waals surface area (Å²) in [6.07, 6.45) is 97.7. The minimum Gasteiger partial charge on any atom is -0.387 e. The van der Waals surface area contributed by atoms with Crippen LogP contribution in [0.4, 0.5) is 0 Å². The van der Waals surface area contributed by atoms with Gasteiger partial charge in [0.2, 0.25) is 5.91 Å². The van der Waals surface area contributed by atoms with Crippen LogP contribution in [-0.4, -0.2) is 73.4 Å². The predicted molar refractivity (Wildman–Crippen MR) is 373 cm³/mol. The highest BCUT2D eigenvalue weighted by atomic mass is 31.2. The van der Waals surface area contributed by atoms with E-state index >= 15 is 0 Å². The number of nitrogens with zero attached hydrogens (tertiary/aromatic N) is 1. The van der Waals surface area contributed by atoms with Gasteiger partial charge in [-0.3, -0.25) is 13.8 Å². The lowest BCUT2D eigenvalue weighted by atomic mass is 10.0. The van der Waals surface area contributed by atoms with Gasteiger partial charge < -0.3 is 19.8 Å². The molecular formula is C76H136N2O6P+. The van der Waals surface area contributed by atoms with Crippen molar-refractivity contribution in [3.05, 3.63) is 122 Å². The summed E-state index contributed by atoms with van der Waals surface area (Å²) in [5, 5.41) is 14.0. The van der Waals surface area contributed by atoms with Gasteiger partial charge in [0, 0.05) is 6.42 Å². The molecule has 490 valence electrons. The molecule has 8 nitrogen and oxygen atoms in total. The number of quaternary nitrogens is 1.